The number of thiazole rings is 1. The number of benzene rings is 1. The van der Waals surface area contributed by atoms with Crippen LogP contribution in [0.2, 0.25) is 0 Å². The Kier molecular flexibility index (Phi) is 4.71. The maximum atomic E-state index is 13.7. The summed E-state index contributed by atoms with van der Waals surface area (Å²) in [5.74, 6) is -0.249. The summed E-state index contributed by atoms with van der Waals surface area (Å²) >= 11 is 4.78. The Morgan fingerprint density at radius 1 is 1.37 bits per heavy atom. The zero-order valence-corrected chi connectivity index (χ0v) is 13.5. The monoisotopic (exact) mass is 342 g/mol. The van der Waals surface area contributed by atoms with Crippen LogP contribution in [0.15, 0.2) is 28.1 Å². The fourth-order valence-corrected chi connectivity index (χ4v) is 2.97. The van der Waals surface area contributed by atoms with Crippen molar-refractivity contribution in [2.24, 2.45) is 0 Å². The Morgan fingerprint density at radius 3 is 2.63 bits per heavy atom. The molecule has 0 aliphatic carbocycles. The van der Waals surface area contributed by atoms with Gasteiger partial charge in [0, 0.05) is 17.1 Å². The summed E-state index contributed by atoms with van der Waals surface area (Å²) in [6.45, 7) is 6.11. The molecule has 5 heteroatoms. The zero-order chi connectivity index (χ0) is 14.0. The van der Waals surface area contributed by atoms with E-state index in [1.54, 1.807) is 23.5 Å². The van der Waals surface area contributed by atoms with E-state index in [1.807, 2.05) is 18.4 Å². The molecular formula is C14H16BrFN2S. The van der Waals surface area contributed by atoms with Gasteiger partial charge < -0.3 is 5.32 Å². The number of nitrogens with one attached hydrogen (secondary N) is 1. The zero-order valence-electron chi connectivity index (χ0n) is 11.1. The molecule has 102 valence electrons. The van der Waals surface area contributed by atoms with E-state index in [2.05, 4.69) is 40.1 Å². The Morgan fingerprint density at radius 2 is 2.11 bits per heavy atom. The molecule has 2 nitrogen and oxygen atoms in total. The highest BCUT2D eigenvalue weighted by Crippen LogP contribution is 2.28. The van der Waals surface area contributed by atoms with Gasteiger partial charge in [0.2, 0.25) is 0 Å². The van der Waals surface area contributed by atoms with Gasteiger partial charge in [-0.05, 0) is 54.4 Å². The summed E-state index contributed by atoms with van der Waals surface area (Å²) in [5, 5.41) is 6.42. The molecule has 1 unspecified atom stereocenters. The van der Waals surface area contributed by atoms with Crippen molar-refractivity contribution < 1.29 is 4.39 Å². The predicted molar refractivity (Wildman–Crippen MR) is 81.1 cm³/mol. The lowest BCUT2D eigenvalue weighted by atomic mass is 10.1. The molecule has 0 fully saturated rings. The molecular weight excluding hydrogens is 327 g/mol. The van der Waals surface area contributed by atoms with Crippen molar-refractivity contribution in [2.75, 3.05) is 0 Å². The molecule has 0 bridgehead atoms. The molecule has 2 rings (SSSR count). The van der Waals surface area contributed by atoms with E-state index in [1.165, 1.54) is 0 Å². The Labute approximate surface area is 125 Å². The van der Waals surface area contributed by atoms with Crippen molar-refractivity contribution in [3.63, 3.8) is 0 Å². The lowest BCUT2D eigenvalue weighted by molar-refractivity contribution is 0.522. The van der Waals surface area contributed by atoms with Crippen LogP contribution in [0.5, 0.6) is 0 Å². The number of halogens is 2. The van der Waals surface area contributed by atoms with Gasteiger partial charge in [0.05, 0.1) is 10.5 Å². The van der Waals surface area contributed by atoms with Crippen LogP contribution in [0.3, 0.4) is 0 Å². The minimum absolute atomic E-state index is 0.0682. The van der Waals surface area contributed by atoms with Gasteiger partial charge in [0.25, 0.3) is 0 Å². The minimum atomic E-state index is -0.249. The van der Waals surface area contributed by atoms with Crippen molar-refractivity contribution in [3.05, 3.63) is 50.1 Å². The topological polar surface area (TPSA) is 24.9 Å². The third kappa shape index (κ3) is 3.61. The van der Waals surface area contributed by atoms with Crippen LogP contribution in [0.4, 0.5) is 4.39 Å². The van der Waals surface area contributed by atoms with Crippen LogP contribution in [-0.4, -0.2) is 11.0 Å². The lowest BCUT2D eigenvalue weighted by Gasteiger charge is -2.20. The Hall–Kier alpha value is -0.780. The summed E-state index contributed by atoms with van der Waals surface area (Å²) in [7, 11) is 0. The van der Waals surface area contributed by atoms with Gasteiger partial charge in [-0.2, -0.15) is 0 Å². The molecule has 0 aliphatic heterocycles. The molecule has 0 spiro atoms. The number of aryl methyl sites for hydroxylation is 1. The first kappa shape index (κ1) is 14.6. The molecule has 19 heavy (non-hydrogen) atoms. The second-order valence-corrected chi connectivity index (χ2v) is 6.50. The molecule has 0 radical (unpaired) electrons. The van der Waals surface area contributed by atoms with Gasteiger partial charge >= 0.3 is 0 Å². The molecule has 1 heterocycles. The van der Waals surface area contributed by atoms with Crippen molar-refractivity contribution in [2.45, 2.75) is 32.9 Å². The first-order valence-corrected chi connectivity index (χ1v) is 7.77. The van der Waals surface area contributed by atoms with Crippen LogP contribution in [0, 0.1) is 12.7 Å². The van der Waals surface area contributed by atoms with Gasteiger partial charge in [-0.3, -0.25) is 0 Å². The van der Waals surface area contributed by atoms with E-state index in [0.29, 0.717) is 10.5 Å². The van der Waals surface area contributed by atoms with Crippen LogP contribution in [-0.2, 0) is 0 Å². The second kappa shape index (κ2) is 6.11. The SMILES string of the molecule is Cc1csc(C(NC(C)C)c2ccc(Br)c(F)c2)n1. The molecule has 1 atom stereocenters. The average Bonchev–Trinajstić information content (AvgIpc) is 2.76. The smallest absolute Gasteiger partial charge is 0.137 e. The molecule has 2 aromatic rings. The summed E-state index contributed by atoms with van der Waals surface area (Å²) in [4.78, 5) is 4.51. The number of hydrogen-bond acceptors (Lipinski definition) is 3. The van der Waals surface area contributed by atoms with Gasteiger partial charge in [-0.15, -0.1) is 11.3 Å². The van der Waals surface area contributed by atoms with Gasteiger partial charge in [0.1, 0.15) is 10.8 Å². The quantitative estimate of drug-likeness (QED) is 0.888. The lowest BCUT2D eigenvalue weighted by Crippen LogP contribution is -2.29. The molecule has 0 saturated carbocycles. The van der Waals surface area contributed by atoms with Crippen LogP contribution < -0.4 is 5.32 Å². The largest absolute Gasteiger partial charge is 0.302 e. The first-order chi connectivity index (χ1) is 8.97. The number of rotatable bonds is 4. The molecule has 1 N–H and O–H groups in total. The summed E-state index contributed by atoms with van der Waals surface area (Å²) in [6, 6.07) is 5.44. The normalized spacial score (nSPS) is 12.9. The minimum Gasteiger partial charge on any atom is -0.302 e. The van der Waals surface area contributed by atoms with Crippen LogP contribution in [0.1, 0.15) is 36.2 Å². The summed E-state index contributed by atoms with van der Waals surface area (Å²) < 4.78 is 14.2. The van der Waals surface area contributed by atoms with Crippen molar-refractivity contribution in [3.8, 4) is 0 Å². The third-order valence-electron chi connectivity index (χ3n) is 2.66. The first-order valence-electron chi connectivity index (χ1n) is 6.10. The molecule has 1 aromatic carbocycles. The van der Waals surface area contributed by atoms with E-state index in [0.717, 1.165) is 16.3 Å². The Balaban J connectivity index is 2.39. The van der Waals surface area contributed by atoms with Gasteiger partial charge in [0.15, 0.2) is 0 Å². The van der Waals surface area contributed by atoms with Gasteiger partial charge in [-0.25, -0.2) is 9.37 Å². The standard InChI is InChI=1S/C14H16BrFN2S/c1-8(2)17-13(14-18-9(3)7-19-14)10-4-5-11(15)12(16)6-10/h4-8,13,17H,1-3H3. The fraction of sp³-hybridized carbons (Fsp3) is 0.357. The van der Waals surface area contributed by atoms with Crippen LogP contribution in [0.25, 0.3) is 0 Å². The summed E-state index contributed by atoms with van der Waals surface area (Å²) in [5.41, 5.74) is 1.89. The number of nitrogens with zero attached hydrogens (tertiary/aromatic N) is 1. The molecule has 0 saturated heterocycles. The molecule has 0 aliphatic rings. The van der Waals surface area contributed by atoms with Crippen LogP contribution >= 0.6 is 27.3 Å². The fourth-order valence-electron chi connectivity index (χ4n) is 1.84. The predicted octanol–water partition coefficient (Wildman–Crippen LogP) is 4.44. The van der Waals surface area contributed by atoms with E-state index in [9.17, 15) is 4.39 Å². The van der Waals surface area contributed by atoms with E-state index in [4.69, 9.17) is 0 Å². The number of hydrogen-bond donors (Lipinski definition) is 1. The average molecular weight is 343 g/mol. The molecule has 0 amide bonds. The van der Waals surface area contributed by atoms with E-state index in [-0.39, 0.29) is 11.9 Å². The van der Waals surface area contributed by atoms with Crippen molar-refractivity contribution in [1.82, 2.24) is 10.3 Å². The number of aromatic nitrogens is 1. The van der Waals surface area contributed by atoms with Crippen molar-refractivity contribution >= 4 is 27.3 Å². The maximum absolute atomic E-state index is 13.7. The van der Waals surface area contributed by atoms with E-state index < -0.39 is 0 Å². The highest BCUT2D eigenvalue weighted by molar-refractivity contribution is 9.10. The highest BCUT2D eigenvalue weighted by Gasteiger charge is 2.19. The highest BCUT2D eigenvalue weighted by atomic mass is 79.9. The van der Waals surface area contributed by atoms with E-state index >= 15 is 0 Å². The van der Waals surface area contributed by atoms with Crippen molar-refractivity contribution in [1.29, 1.82) is 0 Å². The molecule has 1 aromatic heterocycles. The third-order valence-corrected chi connectivity index (χ3v) is 4.33. The Bertz CT molecular complexity index is 568. The maximum Gasteiger partial charge on any atom is 0.137 e. The summed E-state index contributed by atoms with van der Waals surface area (Å²) in [6.07, 6.45) is 0. The second-order valence-electron chi connectivity index (χ2n) is 4.76. The van der Waals surface area contributed by atoms with Gasteiger partial charge in [-0.1, -0.05) is 6.07 Å².